The van der Waals surface area contributed by atoms with Crippen LogP contribution in [-0.2, 0) is 0 Å². The van der Waals surface area contributed by atoms with Crippen molar-refractivity contribution in [2.45, 2.75) is 50.6 Å². The van der Waals surface area contributed by atoms with Crippen LogP contribution in [0.4, 0.5) is 0 Å². The van der Waals surface area contributed by atoms with E-state index in [1.807, 2.05) is 0 Å². The van der Waals surface area contributed by atoms with Gasteiger partial charge in [0.15, 0.2) is 0 Å². The fourth-order valence-electron chi connectivity index (χ4n) is 3.03. The highest BCUT2D eigenvalue weighted by Gasteiger charge is 2.29. The predicted octanol–water partition coefficient (Wildman–Crippen LogP) is 1.60. The Balaban J connectivity index is 1.80. The van der Waals surface area contributed by atoms with Gasteiger partial charge in [0.25, 0.3) is 0 Å². The van der Waals surface area contributed by atoms with Crippen LogP contribution in [0.2, 0.25) is 0 Å². The van der Waals surface area contributed by atoms with Crippen LogP contribution in [-0.4, -0.2) is 30.6 Å². The Labute approximate surface area is 81.5 Å². The number of rotatable bonds is 2. The van der Waals surface area contributed by atoms with Crippen molar-refractivity contribution in [3.63, 3.8) is 0 Å². The molecular formula is C11H22N2. The van der Waals surface area contributed by atoms with Crippen LogP contribution in [0.15, 0.2) is 0 Å². The minimum absolute atomic E-state index is 0.441. The summed E-state index contributed by atoms with van der Waals surface area (Å²) >= 11 is 0. The Morgan fingerprint density at radius 1 is 1.31 bits per heavy atom. The van der Waals surface area contributed by atoms with Crippen LogP contribution in [0.25, 0.3) is 0 Å². The normalized spacial score (nSPS) is 37.4. The first-order valence-corrected chi connectivity index (χ1v) is 5.71. The van der Waals surface area contributed by atoms with Crippen molar-refractivity contribution in [2.75, 3.05) is 13.6 Å². The molecule has 76 valence electrons. The third-order valence-electron chi connectivity index (χ3n) is 3.80. The summed E-state index contributed by atoms with van der Waals surface area (Å²) in [4.78, 5) is 2.46. The Morgan fingerprint density at radius 3 is 2.54 bits per heavy atom. The largest absolute Gasteiger partial charge is 0.326 e. The molecule has 2 fully saturated rings. The molecule has 2 unspecified atom stereocenters. The van der Waals surface area contributed by atoms with Crippen molar-refractivity contribution in [2.24, 2.45) is 11.7 Å². The number of hydrogen-bond donors (Lipinski definition) is 1. The van der Waals surface area contributed by atoms with E-state index in [-0.39, 0.29) is 0 Å². The summed E-state index contributed by atoms with van der Waals surface area (Å²) in [5, 5.41) is 0. The zero-order valence-corrected chi connectivity index (χ0v) is 8.71. The fraction of sp³-hybridized carbons (Fsp3) is 1.00. The monoisotopic (exact) mass is 182 g/mol. The summed E-state index contributed by atoms with van der Waals surface area (Å²) in [5.41, 5.74) is 5.95. The second-order valence-corrected chi connectivity index (χ2v) is 4.98. The predicted molar refractivity (Wildman–Crippen MR) is 55.6 cm³/mol. The molecule has 0 spiro atoms. The van der Waals surface area contributed by atoms with Crippen molar-refractivity contribution < 1.29 is 0 Å². The zero-order valence-electron chi connectivity index (χ0n) is 8.71. The van der Waals surface area contributed by atoms with E-state index >= 15 is 0 Å². The molecule has 1 heterocycles. The van der Waals surface area contributed by atoms with Gasteiger partial charge in [0.05, 0.1) is 0 Å². The Bertz CT molecular complexity index is 163. The summed E-state index contributed by atoms with van der Waals surface area (Å²) in [5.74, 6) is 1.01. The van der Waals surface area contributed by atoms with Gasteiger partial charge in [0.2, 0.25) is 0 Å². The molecule has 0 aromatic rings. The molecule has 2 atom stereocenters. The highest BCUT2D eigenvalue weighted by molar-refractivity contribution is 4.87. The van der Waals surface area contributed by atoms with Gasteiger partial charge in [-0.3, -0.25) is 0 Å². The molecular weight excluding hydrogens is 160 g/mol. The maximum atomic E-state index is 5.95. The molecule has 1 saturated carbocycles. The third kappa shape index (κ3) is 2.23. The second kappa shape index (κ2) is 3.97. The van der Waals surface area contributed by atoms with Gasteiger partial charge in [-0.1, -0.05) is 25.7 Å². The molecule has 2 nitrogen and oxygen atoms in total. The maximum Gasteiger partial charge on any atom is 0.0182 e. The topological polar surface area (TPSA) is 29.3 Å². The number of nitrogens with two attached hydrogens (primary N) is 1. The summed E-state index contributed by atoms with van der Waals surface area (Å²) in [6.45, 7) is 1.11. The van der Waals surface area contributed by atoms with E-state index in [9.17, 15) is 0 Å². The molecule has 0 bridgehead atoms. The minimum Gasteiger partial charge on any atom is -0.326 e. The molecule has 1 aliphatic heterocycles. The van der Waals surface area contributed by atoms with Crippen molar-refractivity contribution in [3.05, 3.63) is 0 Å². The molecule has 0 aromatic carbocycles. The van der Waals surface area contributed by atoms with Crippen LogP contribution >= 0.6 is 0 Å². The van der Waals surface area contributed by atoms with E-state index in [0.717, 1.165) is 18.5 Å². The number of likely N-dealkylation sites (tertiary alicyclic amines) is 1. The second-order valence-electron chi connectivity index (χ2n) is 4.98. The zero-order chi connectivity index (χ0) is 9.26. The molecule has 0 aromatic heterocycles. The number of nitrogens with zero attached hydrogens (tertiary/aromatic N) is 1. The summed E-state index contributed by atoms with van der Waals surface area (Å²) in [7, 11) is 2.23. The van der Waals surface area contributed by atoms with Gasteiger partial charge >= 0.3 is 0 Å². The fourth-order valence-corrected chi connectivity index (χ4v) is 3.03. The molecule has 0 amide bonds. The number of likely N-dealkylation sites (N-methyl/N-ethyl adjacent to an activating group) is 1. The maximum absolute atomic E-state index is 5.95. The van der Waals surface area contributed by atoms with Gasteiger partial charge in [-0.15, -0.1) is 0 Å². The quantitative estimate of drug-likeness (QED) is 0.703. The Kier molecular flexibility index (Phi) is 2.89. The highest BCUT2D eigenvalue weighted by atomic mass is 15.2. The SMILES string of the molecule is CN1CC(N)CC1CC1CCCC1. The summed E-state index contributed by atoms with van der Waals surface area (Å²) in [6.07, 6.45) is 8.51. The van der Waals surface area contributed by atoms with Crippen LogP contribution in [0.5, 0.6) is 0 Å². The van der Waals surface area contributed by atoms with Crippen LogP contribution in [0.3, 0.4) is 0 Å². The third-order valence-corrected chi connectivity index (χ3v) is 3.80. The first-order chi connectivity index (χ1) is 6.25. The number of hydrogen-bond acceptors (Lipinski definition) is 2. The van der Waals surface area contributed by atoms with E-state index in [1.54, 1.807) is 0 Å². The molecule has 2 heteroatoms. The molecule has 13 heavy (non-hydrogen) atoms. The minimum atomic E-state index is 0.441. The smallest absolute Gasteiger partial charge is 0.0182 e. The molecule has 2 N–H and O–H groups in total. The molecule has 0 radical (unpaired) electrons. The van der Waals surface area contributed by atoms with E-state index in [1.165, 1.54) is 38.5 Å². The van der Waals surface area contributed by atoms with Crippen molar-refractivity contribution >= 4 is 0 Å². The van der Waals surface area contributed by atoms with Crippen molar-refractivity contribution in [3.8, 4) is 0 Å². The molecule has 2 aliphatic rings. The standard InChI is InChI=1S/C11H22N2/c1-13-8-10(12)7-11(13)6-9-4-2-3-5-9/h9-11H,2-8,12H2,1H3. The lowest BCUT2D eigenvalue weighted by molar-refractivity contribution is 0.261. The van der Waals surface area contributed by atoms with E-state index in [4.69, 9.17) is 5.73 Å². The van der Waals surface area contributed by atoms with Crippen LogP contribution in [0.1, 0.15) is 38.5 Å². The lowest BCUT2D eigenvalue weighted by atomic mass is 9.96. The van der Waals surface area contributed by atoms with Gasteiger partial charge < -0.3 is 10.6 Å². The Morgan fingerprint density at radius 2 is 2.00 bits per heavy atom. The molecule has 2 rings (SSSR count). The highest BCUT2D eigenvalue weighted by Crippen LogP contribution is 2.32. The van der Waals surface area contributed by atoms with Gasteiger partial charge in [0.1, 0.15) is 0 Å². The van der Waals surface area contributed by atoms with Crippen LogP contribution in [0, 0.1) is 5.92 Å². The van der Waals surface area contributed by atoms with E-state index in [2.05, 4.69) is 11.9 Å². The first kappa shape index (κ1) is 9.47. The van der Waals surface area contributed by atoms with Gasteiger partial charge in [-0.2, -0.15) is 0 Å². The Hall–Kier alpha value is -0.0800. The first-order valence-electron chi connectivity index (χ1n) is 5.71. The lowest BCUT2D eigenvalue weighted by Gasteiger charge is -2.22. The molecule has 1 saturated heterocycles. The summed E-state index contributed by atoms with van der Waals surface area (Å²) < 4.78 is 0. The van der Waals surface area contributed by atoms with Crippen LogP contribution < -0.4 is 5.73 Å². The van der Waals surface area contributed by atoms with Gasteiger partial charge in [0, 0.05) is 18.6 Å². The average Bonchev–Trinajstić information content (AvgIpc) is 2.63. The van der Waals surface area contributed by atoms with E-state index < -0.39 is 0 Å². The van der Waals surface area contributed by atoms with E-state index in [0.29, 0.717) is 6.04 Å². The summed E-state index contributed by atoms with van der Waals surface area (Å²) in [6, 6.07) is 1.23. The van der Waals surface area contributed by atoms with Gasteiger partial charge in [-0.25, -0.2) is 0 Å². The average molecular weight is 182 g/mol. The van der Waals surface area contributed by atoms with Crippen molar-refractivity contribution in [1.82, 2.24) is 4.90 Å². The molecule has 1 aliphatic carbocycles. The van der Waals surface area contributed by atoms with Gasteiger partial charge in [-0.05, 0) is 25.8 Å². The lowest BCUT2D eigenvalue weighted by Crippen LogP contribution is -2.27. The van der Waals surface area contributed by atoms with Crippen molar-refractivity contribution in [1.29, 1.82) is 0 Å².